The minimum atomic E-state index is 0. The molecule has 0 saturated heterocycles. The Hall–Kier alpha value is 0.447. The molecule has 17 valence electrons. The van der Waals surface area contributed by atoms with E-state index in [1.807, 2.05) is 0 Å². The van der Waals surface area contributed by atoms with Gasteiger partial charge in [-0.3, -0.25) is 0 Å². The van der Waals surface area contributed by atoms with Crippen LogP contribution in [-0.4, -0.2) is 18.9 Å². The first-order valence-electron chi connectivity index (χ1n) is 0.478. The van der Waals surface area contributed by atoms with Gasteiger partial charge in [0.1, 0.15) is 0 Å². The Kier molecular flexibility index (Phi) is 21.7. The maximum atomic E-state index is 4.53. The van der Waals surface area contributed by atoms with Crippen molar-refractivity contribution in [2.24, 2.45) is 0 Å². The third kappa shape index (κ3) is 25.6. The van der Waals surface area contributed by atoms with Crippen LogP contribution >= 0.6 is 11.6 Å². The summed E-state index contributed by atoms with van der Waals surface area (Å²) in [5, 5.41) is 1.72. The Morgan fingerprint density at radius 1 is 1.75 bits per heavy atom. The van der Waals surface area contributed by atoms with Crippen LogP contribution in [-0.2, 0) is 0 Å². The van der Waals surface area contributed by atoms with E-state index in [4.69, 9.17) is 0 Å². The molecule has 1 radical (unpaired) electrons. The predicted octanol–water partition coefficient (Wildman–Crippen LogP) is 0.435. The fourth-order valence-corrected chi connectivity index (χ4v) is 0. The normalized spacial score (nSPS) is 2.00. The van der Waals surface area contributed by atoms with E-state index >= 15 is 0 Å². The van der Waals surface area contributed by atoms with Gasteiger partial charge in [-0.15, -0.1) is 6.42 Å². The Morgan fingerprint density at radius 2 is 1.75 bits per heavy atom. The quantitative estimate of drug-likeness (QED) is 0.285. The summed E-state index contributed by atoms with van der Waals surface area (Å²) in [6.07, 6.45) is 4.36. The zero-order valence-electron chi connectivity index (χ0n) is 2.46. The molecule has 0 N–H and O–H groups in total. The van der Waals surface area contributed by atoms with Crippen molar-refractivity contribution in [1.82, 2.24) is 0 Å². The van der Waals surface area contributed by atoms with E-state index in [9.17, 15) is 0 Å². The van der Waals surface area contributed by atoms with Crippen molar-refractivity contribution in [3.8, 4) is 11.8 Å². The molecule has 0 aliphatic heterocycles. The number of hydrogen-bond donors (Lipinski definition) is 0. The molecule has 0 aromatic heterocycles. The van der Waals surface area contributed by atoms with Gasteiger partial charge in [-0.2, -0.15) is 0 Å². The molecule has 0 atom stereocenters. The van der Waals surface area contributed by atoms with E-state index in [-0.39, 0.29) is 18.9 Å². The topological polar surface area (TPSA) is 0 Å². The average molecular weight is 67.4 g/mol. The molecule has 0 fully saturated rings. The number of halogens is 1. The van der Waals surface area contributed by atoms with Gasteiger partial charge in [0.05, 0.1) is 0 Å². The Balaban J connectivity index is 0. The first-order chi connectivity index (χ1) is 1.41. The van der Waals surface area contributed by atoms with E-state index in [0.717, 1.165) is 0 Å². The van der Waals surface area contributed by atoms with Crippen LogP contribution in [0.4, 0.5) is 0 Å². The second-order valence-electron chi connectivity index (χ2n) is 0.109. The van der Waals surface area contributed by atoms with Crippen LogP contribution in [0, 0.1) is 11.8 Å². The van der Waals surface area contributed by atoms with Gasteiger partial charge in [0.2, 0.25) is 0 Å². The minimum Gasteiger partial charge on any atom is -0.103 e. The Bertz CT molecular complexity index is 27.5. The predicted molar refractivity (Wildman–Crippen MR) is 20.4 cm³/mol. The summed E-state index contributed by atoms with van der Waals surface area (Å²) in [7, 11) is 0. The van der Waals surface area contributed by atoms with Crippen LogP contribution in [0.2, 0.25) is 0 Å². The fraction of sp³-hybridized carbons (Fsp3) is 0. The molecule has 0 rings (SSSR count). The number of rotatable bonds is 0. The summed E-state index contributed by atoms with van der Waals surface area (Å²) < 4.78 is 0. The average Bonchev–Trinajstić information content (AvgIpc) is 0.918. The second-order valence-corrected chi connectivity index (χ2v) is 0.327. The van der Waals surface area contributed by atoms with Crippen LogP contribution in [0.5, 0.6) is 0 Å². The van der Waals surface area contributed by atoms with Crippen molar-refractivity contribution < 1.29 is 0 Å². The van der Waals surface area contributed by atoms with Crippen LogP contribution in [0.15, 0.2) is 0 Å². The van der Waals surface area contributed by atoms with E-state index < -0.39 is 0 Å². The molecule has 0 heterocycles. The third-order valence-electron chi connectivity index (χ3n) is 0. The fourth-order valence-electron chi connectivity index (χ4n) is 0. The van der Waals surface area contributed by atoms with Crippen LogP contribution < -0.4 is 0 Å². The van der Waals surface area contributed by atoms with Crippen molar-refractivity contribution in [3.05, 3.63) is 0 Å². The van der Waals surface area contributed by atoms with Crippen molar-refractivity contribution in [2.45, 2.75) is 0 Å². The van der Waals surface area contributed by atoms with Crippen LogP contribution in [0.25, 0.3) is 0 Å². The molecular weight excluding hydrogens is 66.4 g/mol. The summed E-state index contributed by atoms with van der Waals surface area (Å²) in [5.41, 5.74) is 0. The molecule has 0 aliphatic carbocycles. The Labute approximate surface area is 42.7 Å². The van der Waals surface area contributed by atoms with E-state index in [2.05, 4.69) is 18.0 Å². The van der Waals surface area contributed by atoms with Gasteiger partial charge in [-0.1, -0.05) is 0 Å². The zero-order chi connectivity index (χ0) is 2.71. The maximum absolute atomic E-state index is 4.53. The molecule has 0 aromatic rings. The van der Waals surface area contributed by atoms with Crippen molar-refractivity contribution >= 4 is 30.5 Å². The molecule has 0 spiro atoms. The molecular formula is C2HClLi. The smallest absolute Gasteiger partial charge is 0.000627 e. The first kappa shape index (κ1) is 8.82. The largest absolute Gasteiger partial charge is 0.103 e. The van der Waals surface area contributed by atoms with Gasteiger partial charge in [-0.25, -0.2) is 0 Å². The van der Waals surface area contributed by atoms with E-state index in [1.165, 1.54) is 0 Å². The molecule has 0 unspecified atom stereocenters. The summed E-state index contributed by atoms with van der Waals surface area (Å²) in [6, 6.07) is 0. The molecule has 0 aromatic carbocycles. The molecule has 0 saturated carbocycles. The van der Waals surface area contributed by atoms with Gasteiger partial charge in [0, 0.05) is 24.2 Å². The monoisotopic (exact) mass is 67.0 g/mol. The summed E-state index contributed by atoms with van der Waals surface area (Å²) in [6.45, 7) is 0. The Morgan fingerprint density at radius 3 is 1.75 bits per heavy atom. The van der Waals surface area contributed by atoms with Gasteiger partial charge in [-0.05, 0) is 11.6 Å². The summed E-state index contributed by atoms with van der Waals surface area (Å²) in [5.74, 6) is 0. The standard InChI is InChI=1S/C2HCl.Li/c1-2-3;/h1H;. The van der Waals surface area contributed by atoms with Gasteiger partial charge in [0.25, 0.3) is 0 Å². The molecule has 0 nitrogen and oxygen atoms in total. The maximum Gasteiger partial charge on any atom is 0.000627 e. The van der Waals surface area contributed by atoms with Gasteiger partial charge in [0.15, 0.2) is 0 Å². The van der Waals surface area contributed by atoms with Gasteiger partial charge < -0.3 is 0 Å². The summed E-state index contributed by atoms with van der Waals surface area (Å²) >= 11 is 4.53. The number of hydrogen-bond acceptors (Lipinski definition) is 0. The minimum absolute atomic E-state index is 0. The molecule has 0 amide bonds. The van der Waals surface area contributed by atoms with E-state index in [1.54, 1.807) is 5.38 Å². The SMILES string of the molecule is C#CCl.[Li]. The van der Waals surface area contributed by atoms with Crippen LogP contribution in [0.1, 0.15) is 0 Å². The van der Waals surface area contributed by atoms with Crippen molar-refractivity contribution in [3.63, 3.8) is 0 Å². The molecule has 2 heteroatoms. The first-order valence-corrected chi connectivity index (χ1v) is 0.856. The second kappa shape index (κ2) is 9.86. The zero-order valence-corrected chi connectivity index (χ0v) is 3.21. The van der Waals surface area contributed by atoms with Crippen molar-refractivity contribution in [2.75, 3.05) is 0 Å². The molecule has 0 aliphatic rings. The molecule has 0 bridgehead atoms. The van der Waals surface area contributed by atoms with Crippen LogP contribution in [0.3, 0.4) is 0 Å². The molecule has 4 heavy (non-hydrogen) atoms. The van der Waals surface area contributed by atoms with Crippen molar-refractivity contribution in [1.29, 1.82) is 0 Å². The van der Waals surface area contributed by atoms with E-state index in [0.29, 0.717) is 0 Å². The number of terminal acetylenes is 1. The van der Waals surface area contributed by atoms with Gasteiger partial charge >= 0.3 is 0 Å². The summed E-state index contributed by atoms with van der Waals surface area (Å²) in [4.78, 5) is 0. The third-order valence-corrected chi connectivity index (χ3v) is 0.